The van der Waals surface area contributed by atoms with Crippen molar-refractivity contribution in [1.29, 1.82) is 0 Å². The van der Waals surface area contributed by atoms with Gasteiger partial charge in [-0.25, -0.2) is 4.39 Å². The average molecular weight is 311 g/mol. The minimum atomic E-state index is -0.223. The predicted molar refractivity (Wildman–Crippen MR) is 86.5 cm³/mol. The molecule has 6 heteroatoms. The van der Waals surface area contributed by atoms with Crippen LogP contribution in [-0.2, 0) is 16.0 Å². The Labute approximate surface area is 131 Å². The Morgan fingerprint density at radius 2 is 1.86 bits per heavy atom. The van der Waals surface area contributed by atoms with E-state index in [4.69, 9.17) is 9.47 Å². The molecule has 0 unspecified atom stereocenters. The SMILES string of the molecule is CN=C(NCCCCOCCOC)NCc1ccc(F)cc1. The first-order chi connectivity index (χ1) is 10.8. The van der Waals surface area contributed by atoms with E-state index in [9.17, 15) is 4.39 Å². The molecule has 1 aromatic rings. The number of rotatable bonds is 10. The largest absolute Gasteiger partial charge is 0.382 e. The maximum Gasteiger partial charge on any atom is 0.191 e. The molecule has 0 atom stereocenters. The number of benzene rings is 1. The monoisotopic (exact) mass is 311 g/mol. The van der Waals surface area contributed by atoms with Crippen molar-refractivity contribution in [2.45, 2.75) is 19.4 Å². The number of aliphatic imine (C=N–C) groups is 1. The summed E-state index contributed by atoms with van der Waals surface area (Å²) in [5.41, 5.74) is 1.01. The Kier molecular flexibility index (Phi) is 9.98. The van der Waals surface area contributed by atoms with Gasteiger partial charge in [0.15, 0.2) is 5.96 Å². The van der Waals surface area contributed by atoms with E-state index in [1.54, 1.807) is 26.3 Å². The zero-order valence-corrected chi connectivity index (χ0v) is 13.4. The topological polar surface area (TPSA) is 54.9 Å². The van der Waals surface area contributed by atoms with E-state index in [-0.39, 0.29) is 5.82 Å². The standard InChI is InChI=1S/C16H26FN3O2/c1-18-16(19-9-3-4-10-22-12-11-21-2)20-13-14-5-7-15(17)8-6-14/h5-8H,3-4,9-13H2,1-2H3,(H2,18,19,20). The van der Waals surface area contributed by atoms with Gasteiger partial charge in [-0.3, -0.25) is 4.99 Å². The van der Waals surface area contributed by atoms with Crippen LogP contribution >= 0.6 is 0 Å². The molecule has 0 fully saturated rings. The number of nitrogens with zero attached hydrogens (tertiary/aromatic N) is 1. The summed E-state index contributed by atoms with van der Waals surface area (Å²) in [6, 6.07) is 6.42. The lowest BCUT2D eigenvalue weighted by molar-refractivity contribution is 0.0689. The quantitative estimate of drug-likeness (QED) is 0.394. The highest BCUT2D eigenvalue weighted by molar-refractivity contribution is 5.79. The Balaban J connectivity index is 2.09. The number of nitrogens with one attached hydrogen (secondary N) is 2. The summed E-state index contributed by atoms with van der Waals surface area (Å²) < 4.78 is 23.1. The second-order valence-electron chi connectivity index (χ2n) is 4.79. The van der Waals surface area contributed by atoms with Crippen molar-refractivity contribution in [3.8, 4) is 0 Å². The van der Waals surface area contributed by atoms with Gasteiger partial charge in [-0.15, -0.1) is 0 Å². The van der Waals surface area contributed by atoms with Gasteiger partial charge in [0.05, 0.1) is 13.2 Å². The molecule has 1 rings (SSSR count). The highest BCUT2D eigenvalue weighted by atomic mass is 19.1. The summed E-state index contributed by atoms with van der Waals surface area (Å²) in [6.45, 7) is 3.46. The number of halogens is 1. The maximum atomic E-state index is 12.8. The molecule has 0 saturated heterocycles. The van der Waals surface area contributed by atoms with Gasteiger partial charge in [-0.2, -0.15) is 0 Å². The second kappa shape index (κ2) is 11.9. The van der Waals surface area contributed by atoms with E-state index in [2.05, 4.69) is 15.6 Å². The van der Waals surface area contributed by atoms with Crippen LogP contribution < -0.4 is 10.6 Å². The highest BCUT2D eigenvalue weighted by Gasteiger charge is 1.98. The number of ether oxygens (including phenoxy) is 2. The van der Waals surface area contributed by atoms with Crippen LogP contribution in [0.15, 0.2) is 29.3 Å². The fourth-order valence-electron chi connectivity index (χ4n) is 1.79. The van der Waals surface area contributed by atoms with Gasteiger partial charge in [0, 0.05) is 33.9 Å². The predicted octanol–water partition coefficient (Wildman–Crippen LogP) is 1.93. The van der Waals surface area contributed by atoms with Crippen molar-refractivity contribution in [2.75, 3.05) is 40.5 Å². The summed E-state index contributed by atoms with van der Waals surface area (Å²) >= 11 is 0. The summed E-state index contributed by atoms with van der Waals surface area (Å²) in [4.78, 5) is 4.15. The van der Waals surface area contributed by atoms with E-state index < -0.39 is 0 Å². The molecule has 0 aliphatic heterocycles. The van der Waals surface area contributed by atoms with Crippen molar-refractivity contribution in [1.82, 2.24) is 10.6 Å². The molecule has 1 aromatic carbocycles. The van der Waals surface area contributed by atoms with Gasteiger partial charge in [-0.1, -0.05) is 12.1 Å². The molecular formula is C16H26FN3O2. The Morgan fingerprint density at radius 1 is 1.09 bits per heavy atom. The van der Waals surface area contributed by atoms with Crippen molar-refractivity contribution in [2.24, 2.45) is 4.99 Å². The van der Waals surface area contributed by atoms with E-state index in [0.29, 0.717) is 19.8 Å². The van der Waals surface area contributed by atoms with Gasteiger partial charge in [0.25, 0.3) is 0 Å². The average Bonchev–Trinajstić information content (AvgIpc) is 2.54. The van der Waals surface area contributed by atoms with E-state index >= 15 is 0 Å². The highest BCUT2D eigenvalue weighted by Crippen LogP contribution is 2.01. The Bertz CT molecular complexity index is 424. The first-order valence-electron chi connectivity index (χ1n) is 7.52. The van der Waals surface area contributed by atoms with Crippen LogP contribution in [0.4, 0.5) is 4.39 Å². The number of guanidine groups is 1. The van der Waals surface area contributed by atoms with Gasteiger partial charge < -0.3 is 20.1 Å². The van der Waals surface area contributed by atoms with Crippen LogP contribution in [0.2, 0.25) is 0 Å². The second-order valence-corrected chi connectivity index (χ2v) is 4.79. The van der Waals surface area contributed by atoms with Gasteiger partial charge in [-0.05, 0) is 30.5 Å². The Morgan fingerprint density at radius 3 is 2.55 bits per heavy atom. The zero-order valence-electron chi connectivity index (χ0n) is 13.4. The van der Waals surface area contributed by atoms with Crippen LogP contribution in [-0.4, -0.2) is 46.5 Å². The van der Waals surface area contributed by atoms with Gasteiger partial charge in [0.2, 0.25) is 0 Å². The minimum absolute atomic E-state index is 0.223. The van der Waals surface area contributed by atoms with Crippen molar-refractivity contribution in [3.05, 3.63) is 35.6 Å². The van der Waals surface area contributed by atoms with Crippen LogP contribution in [0, 0.1) is 5.82 Å². The third-order valence-corrected chi connectivity index (χ3v) is 3.04. The van der Waals surface area contributed by atoms with Crippen molar-refractivity contribution in [3.63, 3.8) is 0 Å². The minimum Gasteiger partial charge on any atom is -0.382 e. The molecule has 0 saturated carbocycles. The Hall–Kier alpha value is -1.66. The lowest BCUT2D eigenvalue weighted by Gasteiger charge is -2.12. The first-order valence-corrected chi connectivity index (χ1v) is 7.52. The number of methoxy groups -OCH3 is 1. The van der Waals surface area contributed by atoms with Crippen LogP contribution in [0.5, 0.6) is 0 Å². The maximum absolute atomic E-state index is 12.8. The van der Waals surface area contributed by atoms with E-state index in [1.807, 2.05) is 0 Å². The summed E-state index contributed by atoms with van der Waals surface area (Å²) in [5.74, 6) is 0.517. The van der Waals surface area contributed by atoms with Crippen molar-refractivity contribution >= 4 is 5.96 Å². The molecule has 0 bridgehead atoms. The molecule has 0 aromatic heterocycles. The smallest absolute Gasteiger partial charge is 0.191 e. The third-order valence-electron chi connectivity index (χ3n) is 3.04. The lowest BCUT2D eigenvalue weighted by Crippen LogP contribution is -2.37. The van der Waals surface area contributed by atoms with Crippen molar-refractivity contribution < 1.29 is 13.9 Å². The normalized spacial score (nSPS) is 11.5. The molecular weight excluding hydrogens is 285 g/mol. The first kappa shape index (κ1) is 18.4. The van der Waals surface area contributed by atoms with Crippen LogP contribution in [0.25, 0.3) is 0 Å². The summed E-state index contributed by atoms with van der Waals surface area (Å²) in [6.07, 6.45) is 2.00. The van der Waals surface area contributed by atoms with Gasteiger partial charge >= 0.3 is 0 Å². The molecule has 124 valence electrons. The molecule has 5 nitrogen and oxygen atoms in total. The van der Waals surface area contributed by atoms with Gasteiger partial charge in [0.1, 0.15) is 5.82 Å². The molecule has 22 heavy (non-hydrogen) atoms. The van der Waals surface area contributed by atoms with Crippen LogP contribution in [0.1, 0.15) is 18.4 Å². The molecule has 0 aliphatic carbocycles. The molecule has 0 aliphatic rings. The molecule has 2 N–H and O–H groups in total. The number of hydrogen-bond donors (Lipinski definition) is 2. The lowest BCUT2D eigenvalue weighted by atomic mass is 10.2. The van der Waals surface area contributed by atoms with Crippen LogP contribution in [0.3, 0.4) is 0 Å². The summed E-state index contributed by atoms with van der Waals surface area (Å²) in [7, 11) is 3.39. The molecule has 0 heterocycles. The van der Waals surface area contributed by atoms with E-state index in [0.717, 1.165) is 37.5 Å². The third kappa shape index (κ3) is 8.59. The number of unbranched alkanes of at least 4 members (excludes halogenated alkanes) is 1. The number of hydrogen-bond acceptors (Lipinski definition) is 3. The fourth-order valence-corrected chi connectivity index (χ4v) is 1.79. The molecule has 0 amide bonds. The molecule has 0 spiro atoms. The molecule has 0 radical (unpaired) electrons. The summed E-state index contributed by atoms with van der Waals surface area (Å²) in [5, 5.41) is 6.43. The fraction of sp³-hybridized carbons (Fsp3) is 0.562. The zero-order chi connectivity index (χ0) is 16.0. The van der Waals surface area contributed by atoms with E-state index in [1.165, 1.54) is 12.1 Å².